The van der Waals surface area contributed by atoms with Crippen LogP contribution < -0.4 is 5.32 Å². The standard InChI is InChI=1S/C18H24N4O5/c1-18(2,22-5-8-25-9-6-22)12-19-16(23)11-27-17(24)14-10-13(20-21-14)15-4-3-7-26-15/h3-4,7,10H,5-6,8-9,11-12H2,1-2H3,(H,19,23)(H,20,21). The van der Waals surface area contributed by atoms with Crippen LogP contribution in [0.3, 0.4) is 0 Å². The number of esters is 1. The highest BCUT2D eigenvalue weighted by atomic mass is 16.5. The Bertz CT molecular complexity index is 763. The van der Waals surface area contributed by atoms with Gasteiger partial charge in [0.15, 0.2) is 12.4 Å². The number of carbonyl (C=O) groups is 2. The third kappa shape index (κ3) is 4.95. The minimum Gasteiger partial charge on any atom is -0.463 e. The number of furan rings is 1. The van der Waals surface area contributed by atoms with Crippen molar-refractivity contribution in [3.63, 3.8) is 0 Å². The molecule has 0 aliphatic carbocycles. The number of aromatic nitrogens is 2. The number of rotatable bonds is 7. The Morgan fingerprint density at radius 3 is 2.85 bits per heavy atom. The van der Waals surface area contributed by atoms with Gasteiger partial charge in [-0.15, -0.1) is 0 Å². The lowest BCUT2D eigenvalue weighted by Gasteiger charge is -2.40. The third-order valence-corrected chi connectivity index (χ3v) is 4.49. The second kappa shape index (κ2) is 8.36. The molecule has 0 bridgehead atoms. The molecule has 2 aromatic heterocycles. The normalized spacial score (nSPS) is 15.5. The maximum Gasteiger partial charge on any atom is 0.356 e. The van der Waals surface area contributed by atoms with Crippen LogP contribution in [-0.2, 0) is 14.3 Å². The number of nitrogens with one attached hydrogen (secondary N) is 2. The molecule has 0 atom stereocenters. The first-order chi connectivity index (χ1) is 13.0. The molecule has 0 radical (unpaired) electrons. The van der Waals surface area contributed by atoms with Crippen LogP contribution in [0.5, 0.6) is 0 Å². The van der Waals surface area contributed by atoms with Gasteiger partial charge in [0.2, 0.25) is 0 Å². The molecule has 1 amide bonds. The van der Waals surface area contributed by atoms with Gasteiger partial charge in [0.05, 0.1) is 19.5 Å². The molecule has 1 fully saturated rings. The van der Waals surface area contributed by atoms with Gasteiger partial charge < -0.3 is 19.2 Å². The summed E-state index contributed by atoms with van der Waals surface area (Å²) in [6.07, 6.45) is 1.52. The zero-order valence-electron chi connectivity index (χ0n) is 15.5. The molecule has 0 aromatic carbocycles. The lowest BCUT2D eigenvalue weighted by Crippen LogP contribution is -2.55. The molecular formula is C18H24N4O5. The van der Waals surface area contributed by atoms with Crippen LogP contribution in [0.15, 0.2) is 28.9 Å². The minimum atomic E-state index is -0.650. The Labute approximate surface area is 157 Å². The Hall–Kier alpha value is -2.65. The average Bonchev–Trinajstić information content (AvgIpc) is 3.36. The molecule has 0 saturated carbocycles. The first-order valence-electron chi connectivity index (χ1n) is 8.81. The van der Waals surface area contributed by atoms with Gasteiger partial charge >= 0.3 is 5.97 Å². The molecule has 2 N–H and O–H groups in total. The van der Waals surface area contributed by atoms with Crippen molar-refractivity contribution in [1.29, 1.82) is 0 Å². The van der Waals surface area contributed by atoms with E-state index in [9.17, 15) is 9.59 Å². The number of carbonyl (C=O) groups excluding carboxylic acids is 2. The van der Waals surface area contributed by atoms with E-state index in [1.165, 1.54) is 12.3 Å². The van der Waals surface area contributed by atoms with E-state index in [4.69, 9.17) is 13.9 Å². The Balaban J connectivity index is 1.44. The van der Waals surface area contributed by atoms with Crippen LogP contribution in [0.1, 0.15) is 24.3 Å². The Morgan fingerprint density at radius 2 is 2.15 bits per heavy atom. The Morgan fingerprint density at radius 1 is 1.37 bits per heavy atom. The number of ether oxygens (including phenoxy) is 2. The van der Waals surface area contributed by atoms with Crippen LogP contribution in [0.2, 0.25) is 0 Å². The summed E-state index contributed by atoms with van der Waals surface area (Å²) in [4.78, 5) is 26.3. The average molecular weight is 376 g/mol. The molecule has 3 rings (SSSR count). The zero-order chi connectivity index (χ0) is 19.3. The van der Waals surface area contributed by atoms with Crippen molar-refractivity contribution < 1.29 is 23.5 Å². The van der Waals surface area contributed by atoms with Crippen LogP contribution in [-0.4, -0.2) is 72.0 Å². The highest BCUT2D eigenvalue weighted by Crippen LogP contribution is 2.18. The van der Waals surface area contributed by atoms with Crippen molar-refractivity contribution in [1.82, 2.24) is 20.4 Å². The number of H-pyrrole nitrogens is 1. The number of nitrogens with zero attached hydrogens (tertiary/aromatic N) is 2. The van der Waals surface area contributed by atoms with Gasteiger partial charge in [-0.05, 0) is 26.0 Å². The van der Waals surface area contributed by atoms with E-state index in [0.717, 1.165) is 13.1 Å². The molecule has 146 valence electrons. The van der Waals surface area contributed by atoms with E-state index in [1.807, 2.05) is 0 Å². The number of hydrogen-bond acceptors (Lipinski definition) is 7. The van der Waals surface area contributed by atoms with Crippen LogP contribution in [0.4, 0.5) is 0 Å². The fraction of sp³-hybridized carbons (Fsp3) is 0.500. The van der Waals surface area contributed by atoms with E-state index in [-0.39, 0.29) is 23.7 Å². The number of aromatic amines is 1. The maximum atomic E-state index is 12.1. The largest absolute Gasteiger partial charge is 0.463 e. The molecule has 0 spiro atoms. The third-order valence-electron chi connectivity index (χ3n) is 4.49. The van der Waals surface area contributed by atoms with Crippen molar-refractivity contribution in [2.75, 3.05) is 39.5 Å². The molecule has 0 unspecified atom stereocenters. The van der Waals surface area contributed by atoms with Gasteiger partial charge in [0, 0.05) is 31.2 Å². The number of amides is 1. The molecule has 1 aliphatic heterocycles. The van der Waals surface area contributed by atoms with E-state index in [2.05, 4.69) is 34.3 Å². The summed E-state index contributed by atoms with van der Waals surface area (Å²) in [5.41, 5.74) is 0.441. The second-order valence-electron chi connectivity index (χ2n) is 6.91. The van der Waals surface area contributed by atoms with Crippen molar-refractivity contribution >= 4 is 11.9 Å². The smallest absolute Gasteiger partial charge is 0.356 e. The Kier molecular flexibility index (Phi) is 5.92. The fourth-order valence-corrected chi connectivity index (χ4v) is 2.83. The quantitative estimate of drug-likeness (QED) is 0.695. The van der Waals surface area contributed by atoms with Crippen molar-refractivity contribution in [2.45, 2.75) is 19.4 Å². The molecule has 27 heavy (non-hydrogen) atoms. The highest BCUT2D eigenvalue weighted by Gasteiger charge is 2.28. The van der Waals surface area contributed by atoms with Crippen LogP contribution in [0.25, 0.3) is 11.5 Å². The molecule has 2 aromatic rings. The molecule has 1 aliphatic rings. The number of morpholine rings is 1. The molecule has 1 saturated heterocycles. The van der Waals surface area contributed by atoms with Gasteiger partial charge in [-0.3, -0.25) is 14.8 Å². The van der Waals surface area contributed by atoms with Gasteiger partial charge in [-0.2, -0.15) is 5.10 Å². The maximum absolute atomic E-state index is 12.1. The summed E-state index contributed by atoms with van der Waals surface area (Å²) in [7, 11) is 0. The fourth-order valence-electron chi connectivity index (χ4n) is 2.83. The van der Waals surface area contributed by atoms with Crippen molar-refractivity contribution in [2.24, 2.45) is 0 Å². The van der Waals surface area contributed by atoms with E-state index >= 15 is 0 Å². The SMILES string of the molecule is CC(C)(CNC(=O)COC(=O)c1cc(-c2ccco2)n[nH]1)N1CCOCC1. The van der Waals surface area contributed by atoms with Crippen LogP contribution in [0, 0.1) is 0 Å². The van der Waals surface area contributed by atoms with Gasteiger partial charge in [-0.25, -0.2) is 4.79 Å². The topological polar surface area (TPSA) is 110 Å². The number of hydrogen-bond donors (Lipinski definition) is 2. The summed E-state index contributed by atoms with van der Waals surface area (Å²) in [5, 5.41) is 9.39. The van der Waals surface area contributed by atoms with Gasteiger partial charge in [0.1, 0.15) is 11.4 Å². The second-order valence-corrected chi connectivity index (χ2v) is 6.91. The van der Waals surface area contributed by atoms with E-state index < -0.39 is 5.97 Å². The van der Waals surface area contributed by atoms with Gasteiger partial charge in [-0.1, -0.05) is 0 Å². The summed E-state index contributed by atoms with van der Waals surface area (Å²) < 4.78 is 15.6. The monoisotopic (exact) mass is 376 g/mol. The van der Waals surface area contributed by atoms with Crippen molar-refractivity contribution in [3.05, 3.63) is 30.2 Å². The first kappa shape index (κ1) is 19.1. The zero-order valence-corrected chi connectivity index (χ0v) is 15.5. The highest BCUT2D eigenvalue weighted by molar-refractivity contribution is 5.90. The lowest BCUT2D eigenvalue weighted by molar-refractivity contribution is -0.125. The predicted molar refractivity (Wildman–Crippen MR) is 96.1 cm³/mol. The van der Waals surface area contributed by atoms with E-state index in [1.54, 1.807) is 12.1 Å². The summed E-state index contributed by atoms with van der Waals surface area (Å²) in [5.74, 6) is -0.466. The van der Waals surface area contributed by atoms with Crippen molar-refractivity contribution in [3.8, 4) is 11.5 Å². The summed E-state index contributed by atoms with van der Waals surface area (Å²) in [6, 6.07) is 4.97. The predicted octanol–water partition coefficient (Wildman–Crippen LogP) is 1.05. The van der Waals surface area contributed by atoms with Gasteiger partial charge in [0.25, 0.3) is 5.91 Å². The molecule has 9 heteroatoms. The summed E-state index contributed by atoms with van der Waals surface area (Å²) >= 11 is 0. The molecule has 9 nitrogen and oxygen atoms in total. The lowest BCUT2D eigenvalue weighted by atomic mass is 10.0. The molecule has 3 heterocycles. The molecular weight excluding hydrogens is 352 g/mol. The summed E-state index contributed by atoms with van der Waals surface area (Å²) in [6.45, 7) is 7.27. The van der Waals surface area contributed by atoms with E-state index in [0.29, 0.717) is 31.2 Å². The van der Waals surface area contributed by atoms with Crippen LogP contribution >= 0.6 is 0 Å². The minimum absolute atomic E-state index is 0.155. The first-order valence-corrected chi connectivity index (χ1v) is 8.81.